The Morgan fingerprint density at radius 3 is 2.67 bits per heavy atom. The minimum Gasteiger partial charge on any atom is -0.337 e. The molecule has 18 heavy (non-hydrogen) atoms. The highest BCUT2D eigenvalue weighted by atomic mass is 16.1. The van der Waals surface area contributed by atoms with Gasteiger partial charge < -0.3 is 10.3 Å². The minimum absolute atomic E-state index is 0.646. The third kappa shape index (κ3) is 5.75. The van der Waals surface area contributed by atoms with E-state index in [1.807, 2.05) is 29.0 Å². The number of hydrogen-bond donors (Lipinski definition) is 1. The van der Waals surface area contributed by atoms with Crippen LogP contribution in [-0.2, 0) is 11.3 Å². The van der Waals surface area contributed by atoms with E-state index in [4.69, 9.17) is 5.73 Å². The van der Waals surface area contributed by atoms with Gasteiger partial charge in [-0.25, -0.2) is 9.78 Å². The summed E-state index contributed by atoms with van der Waals surface area (Å²) in [5, 5.41) is 0. The summed E-state index contributed by atoms with van der Waals surface area (Å²) < 4.78 is 2.02. The first-order chi connectivity index (χ1) is 8.86. The Hall–Kier alpha value is -2.23. The molecule has 1 aromatic heterocycles. The fraction of sp³-hybridized carbons (Fsp3) is 0.231. The molecule has 0 radical (unpaired) electrons. The maximum atomic E-state index is 9.68. The number of aryl methyl sites for hydroxylation is 1. The lowest BCUT2D eigenvalue weighted by atomic mass is 10.3. The molecule has 0 spiro atoms. The molecule has 0 amide bonds. The zero-order chi connectivity index (χ0) is 13.1. The smallest absolute Gasteiger partial charge is 0.240 e. The molecular formula is C13H16N4O. The molecule has 0 atom stereocenters. The van der Waals surface area contributed by atoms with Gasteiger partial charge in [0.1, 0.15) is 0 Å². The van der Waals surface area contributed by atoms with E-state index in [1.165, 1.54) is 6.08 Å². The number of carbonyl (C=O) groups excluding carboxylic acids is 1. The third-order valence-electron chi connectivity index (χ3n) is 2.11. The van der Waals surface area contributed by atoms with Crippen molar-refractivity contribution in [3.05, 3.63) is 49.1 Å². The van der Waals surface area contributed by atoms with Crippen molar-refractivity contribution in [3.8, 4) is 0 Å². The molecule has 5 heteroatoms. The van der Waals surface area contributed by atoms with Crippen LogP contribution in [0.2, 0.25) is 0 Å². The van der Waals surface area contributed by atoms with Crippen LogP contribution in [0.25, 0.3) is 0 Å². The summed E-state index contributed by atoms with van der Waals surface area (Å²) in [7, 11) is 0. The summed E-state index contributed by atoms with van der Waals surface area (Å²) >= 11 is 0. The number of para-hydroxylation sites is 1. The minimum atomic E-state index is 0.646. The second kappa shape index (κ2) is 8.87. The molecule has 1 heterocycles. The van der Waals surface area contributed by atoms with Crippen molar-refractivity contribution in [2.45, 2.75) is 13.0 Å². The first-order valence-electron chi connectivity index (χ1n) is 5.65. The molecule has 2 rings (SSSR count). The van der Waals surface area contributed by atoms with E-state index in [0.717, 1.165) is 19.5 Å². The standard InChI is InChI=1S/C7H5NO.C6H11N3/c9-6-8-7-4-2-1-3-5-7;7-2-1-4-9-5-3-8-6-9/h1-5H;3,5-6H,1-2,4,7H2. The fourth-order valence-electron chi connectivity index (χ4n) is 1.25. The molecule has 0 aliphatic rings. The van der Waals surface area contributed by atoms with Gasteiger partial charge in [-0.3, -0.25) is 0 Å². The van der Waals surface area contributed by atoms with Crippen LogP contribution >= 0.6 is 0 Å². The molecule has 0 fully saturated rings. The Bertz CT molecular complexity index is 461. The van der Waals surface area contributed by atoms with Gasteiger partial charge in [-0.1, -0.05) is 18.2 Å². The van der Waals surface area contributed by atoms with Crippen molar-refractivity contribution in [3.63, 3.8) is 0 Å². The number of isocyanates is 1. The molecule has 0 unspecified atom stereocenters. The van der Waals surface area contributed by atoms with E-state index in [1.54, 1.807) is 24.7 Å². The average molecular weight is 244 g/mol. The first-order valence-corrected chi connectivity index (χ1v) is 5.65. The number of benzene rings is 1. The number of aliphatic imine (C=N–C) groups is 1. The highest BCUT2D eigenvalue weighted by molar-refractivity contribution is 5.47. The Morgan fingerprint density at radius 2 is 2.11 bits per heavy atom. The summed E-state index contributed by atoms with van der Waals surface area (Å²) in [6, 6.07) is 8.98. The van der Waals surface area contributed by atoms with E-state index in [9.17, 15) is 4.79 Å². The number of imidazole rings is 1. The fourth-order valence-corrected chi connectivity index (χ4v) is 1.25. The van der Waals surface area contributed by atoms with Crippen LogP contribution in [0.4, 0.5) is 5.69 Å². The Balaban J connectivity index is 0.000000180. The van der Waals surface area contributed by atoms with Crippen LogP contribution in [0.5, 0.6) is 0 Å². The van der Waals surface area contributed by atoms with Gasteiger partial charge >= 0.3 is 0 Å². The van der Waals surface area contributed by atoms with Crippen molar-refractivity contribution in [1.82, 2.24) is 9.55 Å². The highest BCUT2D eigenvalue weighted by Gasteiger charge is 1.85. The van der Waals surface area contributed by atoms with Crippen LogP contribution in [0, 0.1) is 0 Å². The van der Waals surface area contributed by atoms with Gasteiger partial charge in [-0.15, -0.1) is 0 Å². The van der Waals surface area contributed by atoms with Crippen LogP contribution in [0.1, 0.15) is 6.42 Å². The largest absolute Gasteiger partial charge is 0.337 e. The molecule has 1 aromatic carbocycles. The zero-order valence-electron chi connectivity index (χ0n) is 10.1. The average Bonchev–Trinajstić information content (AvgIpc) is 2.92. The molecule has 5 nitrogen and oxygen atoms in total. The Labute approximate surface area is 106 Å². The van der Waals surface area contributed by atoms with E-state index >= 15 is 0 Å². The summed E-state index contributed by atoms with van der Waals surface area (Å²) in [5.74, 6) is 0. The topological polar surface area (TPSA) is 73.3 Å². The second-order valence-corrected chi connectivity index (χ2v) is 3.48. The van der Waals surface area contributed by atoms with Crippen molar-refractivity contribution < 1.29 is 4.79 Å². The first kappa shape index (κ1) is 13.8. The van der Waals surface area contributed by atoms with Crippen LogP contribution in [0.3, 0.4) is 0 Å². The molecule has 0 aliphatic carbocycles. The monoisotopic (exact) mass is 244 g/mol. The SMILES string of the molecule is NCCCn1ccnc1.O=C=Nc1ccccc1. The number of hydrogen-bond acceptors (Lipinski definition) is 4. The van der Waals surface area contributed by atoms with Crippen molar-refractivity contribution in [2.75, 3.05) is 6.54 Å². The predicted octanol–water partition coefficient (Wildman–Crippen LogP) is 1.89. The normalized spacial score (nSPS) is 8.94. The maximum Gasteiger partial charge on any atom is 0.240 e. The van der Waals surface area contributed by atoms with Gasteiger partial charge in [0.15, 0.2) is 0 Å². The molecule has 0 bridgehead atoms. The molecule has 0 saturated heterocycles. The maximum absolute atomic E-state index is 9.68. The summed E-state index contributed by atoms with van der Waals surface area (Å²) in [6.45, 7) is 1.73. The van der Waals surface area contributed by atoms with Crippen LogP contribution in [-0.4, -0.2) is 22.2 Å². The lowest BCUT2D eigenvalue weighted by molar-refractivity contribution is 0.565. The molecule has 0 saturated carbocycles. The predicted molar refractivity (Wildman–Crippen MR) is 70.1 cm³/mol. The Morgan fingerprint density at radius 1 is 1.33 bits per heavy atom. The van der Waals surface area contributed by atoms with Gasteiger partial charge in [-0.05, 0) is 25.1 Å². The molecule has 2 N–H and O–H groups in total. The van der Waals surface area contributed by atoms with Crippen molar-refractivity contribution >= 4 is 11.8 Å². The molecule has 94 valence electrons. The summed E-state index contributed by atoms with van der Waals surface area (Å²) in [4.78, 5) is 17.0. The second-order valence-electron chi connectivity index (χ2n) is 3.48. The van der Waals surface area contributed by atoms with Crippen molar-refractivity contribution in [2.24, 2.45) is 10.7 Å². The lowest BCUT2D eigenvalue weighted by Gasteiger charge is -1.96. The van der Waals surface area contributed by atoms with Crippen LogP contribution in [0.15, 0.2) is 54.0 Å². The van der Waals surface area contributed by atoms with E-state index in [2.05, 4.69) is 9.98 Å². The highest BCUT2D eigenvalue weighted by Crippen LogP contribution is 2.06. The van der Waals surface area contributed by atoms with Gasteiger partial charge in [-0.2, -0.15) is 4.99 Å². The van der Waals surface area contributed by atoms with Crippen molar-refractivity contribution in [1.29, 1.82) is 0 Å². The third-order valence-corrected chi connectivity index (χ3v) is 2.11. The number of nitrogens with zero attached hydrogens (tertiary/aromatic N) is 3. The quantitative estimate of drug-likeness (QED) is 0.659. The summed E-state index contributed by atoms with van der Waals surface area (Å²) in [6.07, 6.45) is 8.00. The molecular weight excluding hydrogens is 228 g/mol. The van der Waals surface area contributed by atoms with Gasteiger partial charge in [0, 0.05) is 18.9 Å². The molecule has 2 aromatic rings. The van der Waals surface area contributed by atoms with Gasteiger partial charge in [0.2, 0.25) is 6.08 Å². The van der Waals surface area contributed by atoms with E-state index < -0.39 is 0 Å². The zero-order valence-corrected chi connectivity index (χ0v) is 10.1. The summed E-state index contributed by atoms with van der Waals surface area (Å²) in [5.41, 5.74) is 5.96. The lowest BCUT2D eigenvalue weighted by Crippen LogP contribution is -2.03. The molecule has 0 aliphatic heterocycles. The number of aromatic nitrogens is 2. The van der Waals surface area contributed by atoms with Gasteiger partial charge in [0.05, 0.1) is 12.0 Å². The van der Waals surface area contributed by atoms with Crippen LogP contribution < -0.4 is 5.73 Å². The number of nitrogens with two attached hydrogens (primary N) is 1. The van der Waals surface area contributed by atoms with E-state index in [0.29, 0.717) is 5.69 Å². The van der Waals surface area contributed by atoms with E-state index in [-0.39, 0.29) is 0 Å². The number of rotatable bonds is 4. The Kier molecular flexibility index (Phi) is 6.82. The van der Waals surface area contributed by atoms with Gasteiger partial charge in [0.25, 0.3) is 0 Å².